The minimum Gasteiger partial charge on any atom is -0.461 e. The fraction of sp³-hybridized carbons (Fsp3) is 0.278. The maximum atomic E-state index is 12.7. The SMILES string of the molecule is CCOC(=O)c1noc2ncn(CC(=O)NCc3ccc4c(c3)OCO4)c(=O)c12. The normalized spacial score (nSPS) is 12.2. The Kier molecular flexibility index (Phi) is 4.85. The fourth-order valence-corrected chi connectivity index (χ4v) is 2.79. The molecule has 1 aromatic carbocycles. The maximum Gasteiger partial charge on any atom is 0.361 e. The number of ether oxygens (including phenoxy) is 3. The van der Waals surface area contributed by atoms with Gasteiger partial charge in [-0.1, -0.05) is 11.2 Å². The van der Waals surface area contributed by atoms with Crippen molar-refractivity contribution in [3.8, 4) is 11.5 Å². The molecule has 29 heavy (non-hydrogen) atoms. The molecule has 3 aromatic rings. The molecule has 2 aromatic heterocycles. The summed E-state index contributed by atoms with van der Waals surface area (Å²) in [6.07, 6.45) is 1.16. The Morgan fingerprint density at radius 3 is 2.93 bits per heavy atom. The number of carbonyl (C=O) groups excluding carboxylic acids is 2. The van der Waals surface area contributed by atoms with Crippen molar-refractivity contribution in [1.29, 1.82) is 0 Å². The number of hydrogen-bond donors (Lipinski definition) is 1. The maximum absolute atomic E-state index is 12.7. The van der Waals surface area contributed by atoms with Gasteiger partial charge in [-0.25, -0.2) is 9.78 Å². The summed E-state index contributed by atoms with van der Waals surface area (Å²) >= 11 is 0. The molecular formula is C18H16N4O7. The van der Waals surface area contributed by atoms with Crippen molar-refractivity contribution in [2.75, 3.05) is 13.4 Å². The van der Waals surface area contributed by atoms with E-state index in [0.29, 0.717) is 11.5 Å². The lowest BCUT2D eigenvalue weighted by Gasteiger charge is -2.08. The Morgan fingerprint density at radius 1 is 1.28 bits per heavy atom. The molecule has 1 N–H and O–H groups in total. The van der Waals surface area contributed by atoms with Gasteiger partial charge in [-0.05, 0) is 24.6 Å². The predicted octanol–water partition coefficient (Wildman–Crippen LogP) is 0.606. The molecule has 0 aliphatic carbocycles. The molecule has 0 atom stereocenters. The van der Waals surface area contributed by atoms with Crippen molar-refractivity contribution in [1.82, 2.24) is 20.0 Å². The second kappa shape index (κ2) is 7.62. The lowest BCUT2D eigenvalue weighted by molar-refractivity contribution is -0.121. The summed E-state index contributed by atoms with van der Waals surface area (Å²) in [6.45, 7) is 1.85. The highest BCUT2D eigenvalue weighted by molar-refractivity contribution is 5.99. The fourth-order valence-electron chi connectivity index (χ4n) is 2.79. The quantitative estimate of drug-likeness (QED) is 0.590. The molecule has 0 unspecified atom stereocenters. The Hall–Kier alpha value is -3.89. The zero-order valence-electron chi connectivity index (χ0n) is 15.3. The first-order chi connectivity index (χ1) is 14.1. The summed E-state index contributed by atoms with van der Waals surface area (Å²) in [7, 11) is 0. The van der Waals surface area contributed by atoms with Gasteiger partial charge in [0.2, 0.25) is 18.4 Å². The van der Waals surface area contributed by atoms with E-state index in [0.717, 1.165) is 16.5 Å². The van der Waals surface area contributed by atoms with Gasteiger partial charge in [0.25, 0.3) is 11.3 Å². The zero-order valence-corrected chi connectivity index (χ0v) is 15.3. The van der Waals surface area contributed by atoms with Crippen molar-refractivity contribution in [2.45, 2.75) is 20.0 Å². The Labute approximate surface area is 163 Å². The van der Waals surface area contributed by atoms with Gasteiger partial charge in [0.05, 0.1) is 6.61 Å². The predicted molar refractivity (Wildman–Crippen MR) is 96.4 cm³/mol. The third kappa shape index (κ3) is 3.61. The molecule has 0 spiro atoms. The Balaban J connectivity index is 1.48. The second-order valence-corrected chi connectivity index (χ2v) is 6.07. The molecule has 0 fully saturated rings. The molecule has 0 saturated carbocycles. The molecule has 3 heterocycles. The van der Waals surface area contributed by atoms with Crippen LogP contribution in [-0.2, 0) is 22.6 Å². The first-order valence-corrected chi connectivity index (χ1v) is 8.74. The van der Waals surface area contributed by atoms with Crippen LogP contribution in [0, 0.1) is 0 Å². The summed E-state index contributed by atoms with van der Waals surface area (Å²) in [5, 5.41) is 6.13. The highest BCUT2D eigenvalue weighted by Gasteiger charge is 2.23. The van der Waals surface area contributed by atoms with Gasteiger partial charge in [0, 0.05) is 6.54 Å². The zero-order chi connectivity index (χ0) is 20.4. The molecule has 1 aliphatic heterocycles. The standard InChI is InChI=1S/C18H16N4O7/c1-2-26-18(25)15-14-16(29-21-15)20-8-22(17(14)24)7-13(23)19-6-10-3-4-11-12(5-10)28-9-27-11/h3-5,8H,2,6-7,9H2,1H3,(H,19,23). The summed E-state index contributed by atoms with van der Waals surface area (Å²) in [6, 6.07) is 5.33. The highest BCUT2D eigenvalue weighted by Crippen LogP contribution is 2.32. The van der Waals surface area contributed by atoms with E-state index in [1.807, 2.05) is 0 Å². The minimum absolute atomic E-state index is 0.102. The molecule has 0 saturated heterocycles. The first-order valence-electron chi connectivity index (χ1n) is 8.74. The number of esters is 1. The molecule has 0 radical (unpaired) electrons. The van der Waals surface area contributed by atoms with E-state index in [2.05, 4.69) is 15.5 Å². The number of nitrogens with one attached hydrogen (secondary N) is 1. The lowest BCUT2D eigenvalue weighted by atomic mass is 10.2. The van der Waals surface area contributed by atoms with Crippen molar-refractivity contribution in [3.63, 3.8) is 0 Å². The minimum atomic E-state index is -0.796. The smallest absolute Gasteiger partial charge is 0.361 e. The molecule has 11 heteroatoms. The van der Waals surface area contributed by atoms with E-state index in [-0.39, 0.29) is 43.3 Å². The van der Waals surface area contributed by atoms with E-state index in [9.17, 15) is 14.4 Å². The number of amides is 1. The summed E-state index contributed by atoms with van der Waals surface area (Å²) in [4.78, 5) is 40.8. The van der Waals surface area contributed by atoms with E-state index >= 15 is 0 Å². The third-order valence-corrected chi connectivity index (χ3v) is 4.17. The van der Waals surface area contributed by atoms with Gasteiger partial charge in [0.1, 0.15) is 18.3 Å². The molecule has 11 nitrogen and oxygen atoms in total. The number of rotatable bonds is 6. The van der Waals surface area contributed by atoms with Crippen LogP contribution in [0.2, 0.25) is 0 Å². The number of nitrogens with zero attached hydrogens (tertiary/aromatic N) is 3. The van der Waals surface area contributed by atoms with E-state index in [1.165, 1.54) is 0 Å². The lowest BCUT2D eigenvalue weighted by Crippen LogP contribution is -2.32. The molecular weight excluding hydrogens is 384 g/mol. The summed E-state index contributed by atoms with van der Waals surface area (Å²) < 4.78 is 21.4. The topological polar surface area (TPSA) is 135 Å². The Bertz CT molecular complexity index is 1150. The van der Waals surface area contributed by atoms with Crippen molar-refractivity contribution in [2.24, 2.45) is 0 Å². The van der Waals surface area contributed by atoms with E-state index in [4.69, 9.17) is 18.7 Å². The molecule has 1 amide bonds. The van der Waals surface area contributed by atoms with Crippen LogP contribution in [0.15, 0.2) is 33.8 Å². The largest absolute Gasteiger partial charge is 0.461 e. The van der Waals surface area contributed by atoms with Gasteiger partial charge in [-0.15, -0.1) is 0 Å². The summed E-state index contributed by atoms with van der Waals surface area (Å²) in [5.41, 5.74) is -0.186. The van der Waals surface area contributed by atoms with Crippen LogP contribution in [0.25, 0.3) is 11.1 Å². The van der Waals surface area contributed by atoms with Gasteiger partial charge in [0.15, 0.2) is 11.5 Å². The Morgan fingerprint density at radius 2 is 2.10 bits per heavy atom. The number of hydrogen-bond acceptors (Lipinski definition) is 9. The molecule has 150 valence electrons. The average Bonchev–Trinajstić information content (AvgIpc) is 3.35. The number of benzene rings is 1. The molecule has 1 aliphatic rings. The van der Waals surface area contributed by atoms with Gasteiger partial charge >= 0.3 is 5.97 Å². The second-order valence-electron chi connectivity index (χ2n) is 6.07. The van der Waals surface area contributed by atoms with Crippen molar-refractivity contribution >= 4 is 23.0 Å². The molecule has 0 bridgehead atoms. The monoisotopic (exact) mass is 400 g/mol. The van der Waals surface area contributed by atoms with Gasteiger partial charge < -0.3 is 24.1 Å². The van der Waals surface area contributed by atoms with Gasteiger partial charge in [-0.3, -0.25) is 14.2 Å². The van der Waals surface area contributed by atoms with Gasteiger partial charge in [-0.2, -0.15) is 0 Å². The van der Waals surface area contributed by atoms with Crippen molar-refractivity contribution < 1.29 is 28.3 Å². The van der Waals surface area contributed by atoms with E-state index in [1.54, 1.807) is 25.1 Å². The molecule has 4 rings (SSSR count). The van der Waals surface area contributed by atoms with Crippen LogP contribution >= 0.6 is 0 Å². The third-order valence-electron chi connectivity index (χ3n) is 4.17. The number of carbonyl (C=O) groups is 2. The van der Waals surface area contributed by atoms with Crippen LogP contribution in [-0.4, -0.2) is 40.0 Å². The average molecular weight is 400 g/mol. The highest BCUT2D eigenvalue weighted by atomic mass is 16.7. The van der Waals surface area contributed by atoms with Crippen molar-refractivity contribution in [3.05, 3.63) is 46.1 Å². The number of fused-ring (bicyclic) bond motifs is 2. The number of aromatic nitrogens is 3. The van der Waals surface area contributed by atoms with E-state index < -0.39 is 17.4 Å². The van der Waals surface area contributed by atoms with Crippen LogP contribution < -0.4 is 20.3 Å². The van der Waals surface area contributed by atoms with Crippen LogP contribution in [0.5, 0.6) is 11.5 Å². The summed E-state index contributed by atoms with van der Waals surface area (Å²) in [5.74, 6) is 0.0499. The van der Waals surface area contributed by atoms with Crippen LogP contribution in [0.3, 0.4) is 0 Å². The van der Waals surface area contributed by atoms with Crippen LogP contribution in [0.4, 0.5) is 0 Å². The first kappa shape index (κ1) is 18.5. The van der Waals surface area contributed by atoms with Crippen LogP contribution in [0.1, 0.15) is 23.0 Å².